The summed E-state index contributed by atoms with van der Waals surface area (Å²) in [5.41, 5.74) is 4.09. The highest BCUT2D eigenvalue weighted by molar-refractivity contribution is 7.19. The normalized spacial score (nSPS) is 12.8. The first-order valence-electron chi connectivity index (χ1n) is 5.29. The van der Waals surface area contributed by atoms with Crippen LogP contribution in [0.3, 0.4) is 0 Å². The van der Waals surface area contributed by atoms with E-state index in [0.717, 1.165) is 24.3 Å². The summed E-state index contributed by atoms with van der Waals surface area (Å²) in [6.45, 7) is 0. The Bertz CT molecular complexity index is 545. The van der Waals surface area contributed by atoms with E-state index in [1.165, 1.54) is 21.6 Å². The molecule has 3 heteroatoms. The van der Waals surface area contributed by atoms with Crippen molar-refractivity contribution < 1.29 is 4.79 Å². The van der Waals surface area contributed by atoms with E-state index in [0.29, 0.717) is 0 Å². The van der Waals surface area contributed by atoms with Crippen LogP contribution in [-0.4, -0.2) is 6.41 Å². The van der Waals surface area contributed by atoms with Crippen molar-refractivity contribution in [3.63, 3.8) is 0 Å². The highest BCUT2D eigenvalue weighted by Gasteiger charge is 2.18. The van der Waals surface area contributed by atoms with Gasteiger partial charge in [-0.25, -0.2) is 0 Å². The van der Waals surface area contributed by atoms with Crippen molar-refractivity contribution in [2.45, 2.75) is 12.8 Å². The highest BCUT2D eigenvalue weighted by Crippen LogP contribution is 2.41. The third kappa shape index (κ3) is 1.44. The Morgan fingerprint density at radius 1 is 1.19 bits per heavy atom. The van der Waals surface area contributed by atoms with Crippen molar-refractivity contribution in [1.29, 1.82) is 0 Å². The maximum atomic E-state index is 10.4. The Balaban J connectivity index is 2.13. The summed E-state index contributed by atoms with van der Waals surface area (Å²) < 4.78 is 0. The average molecular weight is 229 g/mol. The van der Waals surface area contributed by atoms with Gasteiger partial charge in [-0.3, -0.25) is 4.79 Å². The highest BCUT2D eigenvalue weighted by atomic mass is 32.1. The van der Waals surface area contributed by atoms with Gasteiger partial charge >= 0.3 is 0 Å². The van der Waals surface area contributed by atoms with Gasteiger partial charge in [0, 0.05) is 4.88 Å². The minimum Gasteiger partial charge on any atom is -0.320 e. The van der Waals surface area contributed by atoms with Gasteiger partial charge in [-0.2, -0.15) is 0 Å². The number of carbonyl (C=O) groups excluding carboxylic acids is 1. The maximum absolute atomic E-state index is 10.4. The molecule has 0 bridgehead atoms. The Kier molecular flexibility index (Phi) is 2.26. The van der Waals surface area contributed by atoms with Gasteiger partial charge in [0.1, 0.15) is 0 Å². The zero-order valence-corrected chi connectivity index (χ0v) is 9.51. The van der Waals surface area contributed by atoms with Crippen LogP contribution in [0.25, 0.3) is 10.4 Å². The van der Waals surface area contributed by atoms with Gasteiger partial charge in [0.05, 0.1) is 5.00 Å². The van der Waals surface area contributed by atoms with Crippen molar-refractivity contribution >= 4 is 22.7 Å². The first-order chi connectivity index (χ1) is 7.88. The largest absolute Gasteiger partial charge is 0.320 e. The molecule has 1 heterocycles. The second-order valence-corrected chi connectivity index (χ2v) is 4.94. The second-order valence-electron chi connectivity index (χ2n) is 3.88. The Labute approximate surface area is 97.9 Å². The summed E-state index contributed by atoms with van der Waals surface area (Å²) >= 11 is 1.66. The number of rotatable bonds is 2. The summed E-state index contributed by atoms with van der Waals surface area (Å²) in [4.78, 5) is 11.7. The number of amides is 1. The molecule has 1 aliphatic carbocycles. The third-order valence-corrected chi connectivity index (χ3v) is 4.08. The smallest absolute Gasteiger partial charge is 0.212 e. The van der Waals surface area contributed by atoms with Gasteiger partial charge in [0.2, 0.25) is 6.41 Å². The molecule has 0 fully saturated rings. The molecule has 16 heavy (non-hydrogen) atoms. The van der Waals surface area contributed by atoms with E-state index in [1.54, 1.807) is 11.3 Å². The molecule has 0 spiro atoms. The lowest BCUT2D eigenvalue weighted by atomic mass is 9.92. The van der Waals surface area contributed by atoms with Crippen LogP contribution in [0, 0.1) is 0 Å². The number of aryl methyl sites for hydroxylation is 2. The number of fused-ring (bicyclic) bond motifs is 3. The number of carbonyl (C=O) groups is 1. The van der Waals surface area contributed by atoms with Crippen LogP contribution in [0.2, 0.25) is 0 Å². The SMILES string of the molecule is O=CNc1cc2c(s1)-c1ccccc1CC2. The molecular weight excluding hydrogens is 218 g/mol. The molecule has 1 aromatic heterocycles. The Morgan fingerprint density at radius 3 is 2.88 bits per heavy atom. The number of thiophene rings is 1. The molecule has 0 unspecified atom stereocenters. The lowest BCUT2D eigenvalue weighted by molar-refractivity contribution is -0.105. The monoisotopic (exact) mass is 229 g/mol. The fourth-order valence-electron chi connectivity index (χ4n) is 2.20. The van der Waals surface area contributed by atoms with Crippen LogP contribution in [0.4, 0.5) is 5.00 Å². The van der Waals surface area contributed by atoms with Crippen LogP contribution in [0.15, 0.2) is 30.3 Å². The van der Waals surface area contributed by atoms with Gasteiger partial charge in [-0.15, -0.1) is 11.3 Å². The fourth-order valence-corrected chi connectivity index (χ4v) is 3.33. The first-order valence-corrected chi connectivity index (χ1v) is 6.11. The molecule has 0 aliphatic heterocycles. The van der Waals surface area contributed by atoms with E-state index in [-0.39, 0.29) is 0 Å². The minimum atomic E-state index is 0.739. The van der Waals surface area contributed by atoms with Gasteiger partial charge < -0.3 is 5.32 Å². The maximum Gasteiger partial charge on any atom is 0.212 e. The summed E-state index contributed by atoms with van der Waals surface area (Å²) in [6, 6.07) is 10.6. The van der Waals surface area contributed by atoms with Crippen molar-refractivity contribution in [3.8, 4) is 10.4 Å². The van der Waals surface area contributed by atoms with Gasteiger partial charge in [0.15, 0.2) is 0 Å². The molecule has 0 saturated heterocycles. The summed E-state index contributed by atoms with van der Waals surface area (Å²) in [5, 5.41) is 3.67. The summed E-state index contributed by atoms with van der Waals surface area (Å²) in [5.74, 6) is 0. The zero-order valence-electron chi connectivity index (χ0n) is 8.69. The number of benzene rings is 1. The molecule has 1 aromatic carbocycles. The van der Waals surface area contributed by atoms with E-state index in [1.807, 2.05) is 0 Å². The molecule has 80 valence electrons. The number of anilines is 1. The molecule has 0 radical (unpaired) electrons. The molecule has 1 amide bonds. The molecule has 0 saturated carbocycles. The predicted molar refractivity (Wildman–Crippen MR) is 66.8 cm³/mol. The lowest BCUT2D eigenvalue weighted by Gasteiger charge is -2.15. The van der Waals surface area contributed by atoms with Crippen molar-refractivity contribution in [3.05, 3.63) is 41.5 Å². The molecule has 2 aromatic rings. The Morgan fingerprint density at radius 2 is 2.00 bits per heavy atom. The van der Waals surface area contributed by atoms with Crippen LogP contribution in [0.5, 0.6) is 0 Å². The predicted octanol–water partition coefficient (Wildman–Crippen LogP) is 3.08. The second kappa shape index (κ2) is 3.76. The fraction of sp³-hybridized carbons (Fsp3) is 0.154. The number of nitrogens with one attached hydrogen (secondary N) is 1. The molecule has 1 N–H and O–H groups in total. The molecule has 0 atom stereocenters. The number of hydrogen-bond donors (Lipinski definition) is 1. The van der Waals surface area contributed by atoms with Gasteiger partial charge in [-0.05, 0) is 35.6 Å². The van der Waals surface area contributed by atoms with Crippen molar-refractivity contribution in [1.82, 2.24) is 0 Å². The van der Waals surface area contributed by atoms with E-state index in [2.05, 4.69) is 35.6 Å². The standard InChI is InChI=1S/C13H11NOS/c15-8-14-12-7-10-6-5-9-3-1-2-4-11(9)13(10)16-12/h1-4,7-8H,5-6H2,(H,14,15). The van der Waals surface area contributed by atoms with E-state index in [9.17, 15) is 4.79 Å². The Hall–Kier alpha value is -1.61. The molecule has 1 aliphatic rings. The topological polar surface area (TPSA) is 29.1 Å². The minimum absolute atomic E-state index is 0.739. The zero-order chi connectivity index (χ0) is 11.0. The van der Waals surface area contributed by atoms with E-state index in [4.69, 9.17) is 0 Å². The van der Waals surface area contributed by atoms with Gasteiger partial charge in [0.25, 0.3) is 0 Å². The van der Waals surface area contributed by atoms with Crippen LogP contribution < -0.4 is 5.32 Å². The lowest BCUT2D eigenvalue weighted by Crippen LogP contribution is -2.00. The average Bonchev–Trinajstić information content (AvgIpc) is 2.72. The third-order valence-electron chi connectivity index (χ3n) is 2.94. The van der Waals surface area contributed by atoms with Crippen LogP contribution in [-0.2, 0) is 17.6 Å². The number of hydrogen-bond acceptors (Lipinski definition) is 2. The summed E-state index contributed by atoms with van der Waals surface area (Å²) in [6.07, 6.45) is 2.91. The molecule has 2 nitrogen and oxygen atoms in total. The van der Waals surface area contributed by atoms with E-state index < -0.39 is 0 Å². The quantitative estimate of drug-likeness (QED) is 0.788. The van der Waals surface area contributed by atoms with Gasteiger partial charge in [-0.1, -0.05) is 24.3 Å². The molecule has 3 rings (SSSR count). The molecular formula is C13H11NOS. The van der Waals surface area contributed by atoms with Crippen LogP contribution in [0.1, 0.15) is 11.1 Å². The van der Waals surface area contributed by atoms with E-state index >= 15 is 0 Å². The van der Waals surface area contributed by atoms with Crippen molar-refractivity contribution in [2.24, 2.45) is 0 Å². The summed E-state index contributed by atoms with van der Waals surface area (Å²) in [7, 11) is 0. The van der Waals surface area contributed by atoms with Crippen LogP contribution >= 0.6 is 11.3 Å². The van der Waals surface area contributed by atoms with Crippen molar-refractivity contribution in [2.75, 3.05) is 5.32 Å². The first kappa shape index (κ1) is 9.60.